The molecule has 0 saturated carbocycles. The summed E-state index contributed by atoms with van der Waals surface area (Å²) in [4.78, 5) is 12.0. The Morgan fingerprint density at radius 3 is 2.95 bits per heavy atom. The van der Waals surface area contributed by atoms with Crippen LogP contribution in [0.2, 0.25) is 0 Å². The van der Waals surface area contributed by atoms with Crippen molar-refractivity contribution in [2.75, 3.05) is 11.9 Å². The molecule has 0 aliphatic rings. The minimum atomic E-state index is -0.267. The smallest absolute Gasteiger partial charge is 0.277 e. The second kappa shape index (κ2) is 5.62. The summed E-state index contributed by atoms with van der Waals surface area (Å²) in [5, 5.41) is 10.5. The summed E-state index contributed by atoms with van der Waals surface area (Å²) in [7, 11) is 0. The Bertz CT molecular complexity index is 590. The molecule has 0 bridgehead atoms. The zero-order valence-corrected chi connectivity index (χ0v) is 11.1. The maximum absolute atomic E-state index is 12.0. The van der Waals surface area contributed by atoms with E-state index < -0.39 is 0 Å². The molecule has 6 nitrogen and oxygen atoms in total. The average Bonchev–Trinajstić information content (AvgIpc) is 2.83. The van der Waals surface area contributed by atoms with E-state index in [-0.39, 0.29) is 11.6 Å². The summed E-state index contributed by atoms with van der Waals surface area (Å²) in [6.07, 6.45) is 1.59. The monoisotopic (exact) mass is 259 g/mol. The Labute approximate surface area is 111 Å². The van der Waals surface area contributed by atoms with Crippen molar-refractivity contribution in [2.45, 2.75) is 20.4 Å². The normalized spacial score (nSPS) is 10.5. The van der Waals surface area contributed by atoms with Gasteiger partial charge in [-0.15, -0.1) is 5.10 Å². The van der Waals surface area contributed by atoms with Crippen LogP contribution < -0.4 is 11.1 Å². The van der Waals surface area contributed by atoms with E-state index in [1.807, 2.05) is 32.0 Å². The van der Waals surface area contributed by atoms with Crippen molar-refractivity contribution in [3.63, 3.8) is 0 Å². The van der Waals surface area contributed by atoms with Gasteiger partial charge in [0.15, 0.2) is 5.69 Å². The minimum Gasteiger partial charge on any atom is -0.329 e. The second-order valence-corrected chi connectivity index (χ2v) is 4.43. The van der Waals surface area contributed by atoms with Gasteiger partial charge < -0.3 is 11.1 Å². The van der Waals surface area contributed by atoms with Crippen molar-refractivity contribution in [3.05, 3.63) is 41.2 Å². The molecule has 2 rings (SSSR count). The number of rotatable bonds is 4. The van der Waals surface area contributed by atoms with Gasteiger partial charge in [-0.25, -0.2) is 0 Å². The van der Waals surface area contributed by atoms with Crippen LogP contribution >= 0.6 is 0 Å². The van der Waals surface area contributed by atoms with E-state index >= 15 is 0 Å². The average molecular weight is 259 g/mol. The van der Waals surface area contributed by atoms with Gasteiger partial charge in [0.1, 0.15) is 0 Å². The zero-order chi connectivity index (χ0) is 13.8. The molecule has 1 heterocycles. The van der Waals surface area contributed by atoms with Gasteiger partial charge >= 0.3 is 0 Å². The molecule has 19 heavy (non-hydrogen) atoms. The summed E-state index contributed by atoms with van der Waals surface area (Å²) in [6, 6.07) is 5.90. The topological polar surface area (TPSA) is 85.8 Å². The second-order valence-electron chi connectivity index (χ2n) is 4.43. The molecule has 0 aliphatic heterocycles. The number of aromatic nitrogens is 3. The number of nitrogens with zero attached hydrogens (tertiary/aromatic N) is 3. The lowest BCUT2D eigenvalue weighted by atomic mass is 10.1. The van der Waals surface area contributed by atoms with Gasteiger partial charge in [-0.2, -0.15) is 0 Å². The van der Waals surface area contributed by atoms with E-state index in [4.69, 9.17) is 5.73 Å². The number of benzene rings is 1. The van der Waals surface area contributed by atoms with E-state index in [1.165, 1.54) is 0 Å². The van der Waals surface area contributed by atoms with E-state index in [0.29, 0.717) is 13.1 Å². The molecule has 1 aromatic heterocycles. The Kier molecular flexibility index (Phi) is 3.91. The molecule has 0 radical (unpaired) electrons. The van der Waals surface area contributed by atoms with Crippen LogP contribution in [0.4, 0.5) is 5.69 Å². The molecule has 1 amide bonds. The van der Waals surface area contributed by atoms with E-state index in [9.17, 15) is 4.79 Å². The molecule has 3 N–H and O–H groups in total. The number of nitrogens with two attached hydrogens (primary N) is 1. The first-order chi connectivity index (χ1) is 9.10. The fourth-order valence-electron chi connectivity index (χ4n) is 1.70. The van der Waals surface area contributed by atoms with Crippen LogP contribution in [0.25, 0.3) is 0 Å². The molecule has 0 aliphatic carbocycles. The van der Waals surface area contributed by atoms with Gasteiger partial charge in [0.2, 0.25) is 0 Å². The highest BCUT2D eigenvalue weighted by molar-refractivity contribution is 6.03. The Hall–Kier alpha value is -2.21. The summed E-state index contributed by atoms with van der Waals surface area (Å²) in [5.41, 5.74) is 8.59. The molecule has 6 heteroatoms. The Morgan fingerprint density at radius 1 is 1.42 bits per heavy atom. The van der Waals surface area contributed by atoms with Crippen molar-refractivity contribution >= 4 is 11.6 Å². The van der Waals surface area contributed by atoms with Crippen molar-refractivity contribution in [3.8, 4) is 0 Å². The predicted molar refractivity (Wildman–Crippen MR) is 72.9 cm³/mol. The molecule has 0 fully saturated rings. The third-order valence-electron chi connectivity index (χ3n) is 2.77. The number of aryl methyl sites for hydroxylation is 2. The molecule has 0 saturated heterocycles. The molecular weight excluding hydrogens is 242 g/mol. The first kappa shape index (κ1) is 13.2. The lowest BCUT2D eigenvalue weighted by Crippen LogP contribution is -2.13. The van der Waals surface area contributed by atoms with Crippen LogP contribution in [-0.4, -0.2) is 27.4 Å². The molecular formula is C13H17N5O. The van der Waals surface area contributed by atoms with Gasteiger partial charge in [0.25, 0.3) is 5.91 Å². The first-order valence-corrected chi connectivity index (χ1v) is 6.09. The maximum atomic E-state index is 12.0. The predicted octanol–water partition coefficient (Wildman–Crippen LogP) is 1.11. The summed E-state index contributed by atoms with van der Waals surface area (Å²) in [6.45, 7) is 4.93. The summed E-state index contributed by atoms with van der Waals surface area (Å²) >= 11 is 0. The maximum Gasteiger partial charge on any atom is 0.277 e. The minimum absolute atomic E-state index is 0.267. The SMILES string of the molecule is Cc1ccc(C)c(NC(=O)c2cn(CCN)nn2)c1. The third kappa shape index (κ3) is 3.17. The zero-order valence-electron chi connectivity index (χ0n) is 11.1. The number of nitrogens with one attached hydrogen (secondary N) is 1. The Morgan fingerprint density at radius 2 is 2.21 bits per heavy atom. The van der Waals surface area contributed by atoms with Gasteiger partial charge in [0.05, 0.1) is 12.7 Å². The number of anilines is 1. The van der Waals surface area contributed by atoms with Crippen molar-refractivity contribution in [1.29, 1.82) is 0 Å². The van der Waals surface area contributed by atoms with Crippen LogP contribution in [0.3, 0.4) is 0 Å². The third-order valence-corrected chi connectivity index (χ3v) is 2.77. The van der Waals surface area contributed by atoms with Crippen LogP contribution in [-0.2, 0) is 6.54 Å². The van der Waals surface area contributed by atoms with Gasteiger partial charge in [-0.3, -0.25) is 9.48 Å². The molecule has 1 aromatic carbocycles. The number of hydrogen-bond acceptors (Lipinski definition) is 4. The Balaban J connectivity index is 2.13. The van der Waals surface area contributed by atoms with Crippen LogP contribution in [0.15, 0.2) is 24.4 Å². The summed E-state index contributed by atoms with van der Waals surface area (Å²) < 4.78 is 1.55. The number of hydrogen-bond donors (Lipinski definition) is 2. The molecule has 0 spiro atoms. The standard InChI is InChI=1S/C13H17N5O/c1-9-3-4-10(2)11(7-9)15-13(19)12-8-18(6-5-14)17-16-12/h3-4,7-8H,5-6,14H2,1-2H3,(H,15,19). The molecule has 100 valence electrons. The lowest BCUT2D eigenvalue weighted by Gasteiger charge is -2.07. The van der Waals surface area contributed by atoms with Gasteiger partial charge in [-0.05, 0) is 31.0 Å². The van der Waals surface area contributed by atoms with E-state index in [2.05, 4.69) is 15.6 Å². The number of carbonyl (C=O) groups excluding carboxylic acids is 1. The highest BCUT2D eigenvalue weighted by Crippen LogP contribution is 2.16. The fraction of sp³-hybridized carbons (Fsp3) is 0.308. The van der Waals surface area contributed by atoms with Crippen LogP contribution in [0.1, 0.15) is 21.6 Å². The molecule has 2 aromatic rings. The fourth-order valence-corrected chi connectivity index (χ4v) is 1.70. The highest BCUT2D eigenvalue weighted by Gasteiger charge is 2.12. The largest absolute Gasteiger partial charge is 0.329 e. The van der Waals surface area contributed by atoms with E-state index in [0.717, 1.165) is 16.8 Å². The summed E-state index contributed by atoms with van der Waals surface area (Å²) in [5.74, 6) is -0.267. The molecule has 0 atom stereocenters. The lowest BCUT2D eigenvalue weighted by molar-refractivity contribution is 0.102. The van der Waals surface area contributed by atoms with Crippen molar-refractivity contribution in [1.82, 2.24) is 15.0 Å². The first-order valence-electron chi connectivity index (χ1n) is 6.09. The highest BCUT2D eigenvalue weighted by atomic mass is 16.2. The number of amides is 1. The quantitative estimate of drug-likeness (QED) is 0.861. The van der Waals surface area contributed by atoms with Crippen LogP contribution in [0.5, 0.6) is 0 Å². The van der Waals surface area contributed by atoms with Crippen LogP contribution in [0, 0.1) is 13.8 Å². The number of carbonyl (C=O) groups is 1. The van der Waals surface area contributed by atoms with Crippen molar-refractivity contribution < 1.29 is 4.79 Å². The van der Waals surface area contributed by atoms with Crippen molar-refractivity contribution in [2.24, 2.45) is 5.73 Å². The van der Waals surface area contributed by atoms with E-state index in [1.54, 1.807) is 10.9 Å². The van der Waals surface area contributed by atoms with Gasteiger partial charge in [0, 0.05) is 12.2 Å². The van der Waals surface area contributed by atoms with Gasteiger partial charge in [-0.1, -0.05) is 17.3 Å². The molecule has 0 unspecified atom stereocenters.